The smallest absolute Gasteiger partial charge is 0.481 e. The van der Waals surface area contributed by atoms with Gasteiger partial charge in [0, 0.05) is 50.8 Å². The molecule has 0 aliphatic carbocycles. The van der Waals surface area contributed by atoms with Crippen LogP contribution in [0.3, 0.4) is 0 Å². The van der Waals surface area contributed by atoms with Crippen molar-refractivity contribution in [3.63, 3.8) is 0 Å². The van der Waals surface area contributed by atoms with Gasteiger partial charge < -0.3 is 122 Å². The lowest BCUT2D eigenvalue weighted by atomic mass is 9.99. The van der Waals surface area contributed by atoms with Gasteiger partial charge in [-0.05, 0) is 126 Å². The number of hydrogen-bond donors (Lipinski definition) is 21. The Balaban J connectivity index is 0.00000490. The molecular weight excluding hydrogens is 1560 g/mol. The summed E-state index contributed by atoms with van der Waals surface area (Å²) in [4.78, 5) is 229. The molecule has 41 nitrogen and oxygen atoms in total. The molecule has 44 heteroatoms. The molecule has 0 bridgehead atoms. The predicted molar refractivity (Wildman–Crippen MR) is 416 cm³/mol. The molecule has 0 spiro atoms. The van der Waals surface area contributed by atoms with Gasteiger partial charge in [-0.1, -0.05) is 78.3 Å². The number of imidazole rings is 1. The Hall–Kier alpha value is -11.2. The standard InChI is InChI=1S/C72H116N20O19.C2HF3O2/c1-39(2)31-48(84-63(102)49(33-42-17-8-7-9-18-42)85-60(99)46(24-25-56(94)95)81-59(98)44(75)19-10-12-26-73)62(101)88-52(34-43-36-78-38-80-43)70(109)92-30-16-23-55(92)67(106)89-53(37-93)65(104)82-45(20-11-13-27-74)61(100)90-58(41(5)6)68(107)86-50(35-57(96)97)64(103)87-51(32-40(3)4)69(108)91-29-15-22-54(91)66(105)83-47(71(110)111)21-14-28-79-72(76)77;3-2(4,5)1(6)7/h7-9,17-18,36,38-41,44-55,58,93H,10-16,19-35,37,73-75H2,1-6H3,(H,78,80)(H,81,98)(H,82,104)(H,83,105)(H,84,102)(H,85,99)(H,86,107)(H,87,103)(H,88,101)(H,89,106)(H,90,100)(H,94,95)(H,96,97)(H,110,111)(H4,76,77,79);(H,6,7)/t44-,45-,46-,47-,48-,49-,50-,51-,52-,53-,54-,55-,58-;/m0./s1. The number of hydrogen-bond acceptors (Lipinski definition) is 22. The predicted octanol–water partition coefficient (Wildman–Crippen LogP) is -3.54. The van der Waals surface area contributed by atoms with Crippen LogP contribution in [0.1, 0.15) is 162 Å². The van der Waals surface area contributed by atoms with Crippen molar-refractivity contribution in [2.24, 2.45) is 51.4 Å². The topological polar surface area (TPSA) is 672 Å². The fraction of sp³-hybridized carbons (Fsp3) is 0.649. The highest BCUT2D eigenvalue weighted by Crippen LogP contribution is 2.24. The minimum absolute atomic E-state index is 0.0157. The molecule has 12 amide bonds. The number of aliphatic carboxylic acids is 4. The lowest BCUT2D eigenvalue weighted by molar-refractivity contribution is -0.192. The average molecular weight is 1680 g/mol. The van der Waals surface area contributed by atoms with E-state index in [0.717, 1.165) is 0 Å². The van der Waals surface area contributed by atoms with Crippen LogP contribution in [0, 0.1) is 17.8 Å². The first-order chi connectivity index (χ1) is 55.5. The van der Waals surface area contributed by atoms with Crippen LogP contribution >= 0.6 is 0 Å². The molecule has 13 atom stereocenters. The van der Waals surface area contributed by atoms with E-state index in [-0.39, 0.29) is 127 Å². The molecule has 1 aromatic carbocycles. The number of aromatic amines is 1. The SMILES string of the molecule is CC(C)C[C@H](NC(=O)[C@H](Cc1ccccc1)NC(=O)[C@H](CCC(=O)O)NC(=O)[C@@H](N)CCCCN)C(=O)N[C@@H](Cc1cnc[nH]1)C(=O)N1CCC[C@H]1C(=O)N[C@@H](CO)C(=O)N[C@@H](CCCCN)C(=O)N[C@H](C(=O)N[C@@H](CC(=O)O)C(=O)N[C@@H](CC(C)C)C(=O)N1CCC[C@H]1C(=O)N[C@@H](CCCN=C(N)N)C(=O)O)C(C)C.O=C(O)C(F)(F)F. The number of likely N-dealkylation sites (tertiary alicyclic amines) is 2. The lowest BCUT2D eigenvalue weighted by Crippen LogP contribution is -2.62. The zero-order valence-electron chi connectivity index (χ0n) is 67.0. The number of aliphatic hydroxyl groups excluding tert-OH is 1. The Morgan fingerprint density at radius 1 is 0.534 bits per heavy atom. The highest BCUT2D eigenvalue weighted by Gasteiger charge is 2.44. The second-order valence-electron chi connectivity index (χ2n) is 29.9. The van der Waals surface area contributed by atoms with Gasteiger partial charge in [0.05, 0.1) is 25.4 Å². The second-order valence-corrected chi connectivity index (χ2v) is 29.9. The van der Waals surface area contributed by atoms with Gasteiger partial charge in [-0.15, -0.1) is 0 Å². The third-order valence-corrected chi connectivity index (χ3v) is 18.9. The summed E-state index contributed by atoms with van der Waals surface area (Å²) in [7, 11) is 0. The van der Waals surface area contributed by atoms with Gasteiger partial charge >= 0.3 is 30.1 Å². The molecule has 1 aromatic heterocycles. The average Bonchev–Trinajstić information content (AvgIpc) is 1.75. The number of rotatable bonds is 50. The summed E-state index contributed by atoms with van der Waals surface area (Å²) < 4.78 is 31.7. The molecule has 118 heavy (non-hydrogen) atoms. The zero-order chi connectivity index (χ0) is 88.7. The van der Waals surface area contributed by atoms with E-state index in [0.29, 0.717) is 43.5 Å². The molecule has 660 valence electrons. The summed E-state index contributed by atoms with van der Waals surface area (Å²) >= 11 is 0. The van der Waals surface area contributed by atoms with Gasteiger partial charge in [0.25, 0.3) is 0 Å². The number of nitrogens with zero attached hydrogens (tertiary/aromatic N) is 4. The summed E-state index contributed by atoms with van der Waals surface area (Å²) in [5.74, 6) is -19.3. The number of amides is 12. The number of H-pyrrole nitrogens is 1. The number of carbonyl (C=O) groups excluding carboxylic acids is 12. The van der Waals surface area contributed by atoms with E-state index in [9.17, 15) is 106 Å². The minimum atomic E-state index is -5.08. The number of unbranched alkanes of at least 4 members (excludes halogenated alkanes) is 2. The normalized spacial score (nSPS) is 16.7. The van der Waals surface area contributed by atoms with Crippen LogP contribution in [-0.4, -0.2) is 270 Å². The maximum absolute atomic E-state index is 15.0. The number of nitrogens with one attached hydrogen (secondary N) is 11. The second kappa shape index (κ2) is 51.1. The summed E-state index contributed by atoms with van der Waals surface area (Å²) in [6.45, 7) is 9.61. The molecule has 2 aliphatic rings. The van der Waals surface area contributed by atoms with Crippen molar-refractivity contribution < 1.29 is 115 Å². The first-order valence-electron chi connectivity index (χ1n) is 39.0. The fourth-order valence-corrected chi connectivity index (χ4v) is 12.8. The number of carboxylic acids is 4. The first kappa shape index (κ1) is 101. The molecule has 3 heterocycles. The van der Waals surface area contributed by atoms with Crippen LogP contribution in [0.15, 0.2) is 47.8 Å². The van der Waals surface area contributed by atoms with Gasteiger partial charge in [0.1, 0.15) is 72.5 Å². The van der Waals surface area contributed by atoms with E-state index in [1.54, 1.807) is 58.0 Å². The number of benzene rings is 1. The van der Waals surface area contributed by atoms with Gasteiger partial charge in [0.15, 0.2) is 5.96 Å². The van der Waals surface area contributed by atoms with E-state index in [1.807, 2.05) is 0 Å². The fourth-order valence-electron chi connectivity index (χ4n) is 12.8. The van der Waals surface area contributed by atoms with Crippen molar-refractivity contribution in [3.05, 3.63) is 54.1 Å². The number of aromatic nitrogens is 2. The number of halogens is 3. The van der Waals surface area contributed by atoms with Crippen molar-refractivity contribution in [2.45, 2.75) is 248 Å². The largest absolute Gasteiger partial charge is 0.490 e. The third-order valence-electron chi connectivity index (χ3n) is 18.9. The van der Waals surface area contributed by atoms with E-state index in [1.165, 1.54) is 36.2 Å². The molecule has 0 radical (unpaired) electrons. The summed E-state index contributed by atoms with van der Waals surface area (Å²) in [6.07, 6.45) is -2.07. The quantitative estimate of drug-likeness (QED) is 0.0173. The molecule has 2 aromatic rings. The molecule has 4 rings (SSSR count). The number of aliphatic hydroxyl groups is 1. The third kappa shape index (κ3) is 35.7. The van der Waals surface area contributed by atoms with Crippen molar-refractivity contribution in [1.29, 1.82) is 0 Å². The number of carboxylic acid groups (broad SMARTS) is 4. The Morgan fingerprint density at radius 2 is 0.992 bits per heavy atom. The highest BCUT2D eigenvalue weighted by atomic mass is 19.4. The molecule has 2 fully saturated rings. The minimum Gasteiger partial charge on any atom is -0.481 e. The highest BCUT2D eigenvalue weighted by molar-refractivity contribution is 6.01. The van der Waals surface area contributed by atoms with Crippen LogP contribution in [0.5, 0.6) is 0 Å². The number of carbonyl (C=O) groups is 16. The van der Waals surface area contributed by atoms with Crippen molar-refractivity contribution in [2.75, 3.05) is 39.3 Å². The van der Waals surface area contributed by atoms with Crippen molar-refractivity contribution >= 4 is 101 Å². The summed E-state index contributed by atoms with van der Waals surface area (Å²) in [5, 5.41) is 72.9. The van der Waals surface area contributed by atoms with E-state index >= 15 is 0 Å². The van der Waals surface area contributed by atoms with Crippen LogP contribution in [0.25, 0.3) is 0 Å². The monoisotopic (exact) mass is 1680 g/mol. The summed E-state index contributed by atoms with van der Waals surface area (Å²) in [6, 6.07) is -10.2. The maximum atomic E-state index is 15.0. The van der Waals surface area contributed by atoms with Crippen LogP contribution < -0.4 is 81.8 Å². The number of alkyl halides is 3. The molecule has 2 aliphatic heterocycles. The van der Waals surface area contributed by atoms with E-state index < -0.39 is 205 Å². The molecular formula is C74H117F3N20O21. The van der Waals surface area contributed by atoms with E-state index in [2.05, 4.69) is 68.1 Å². The number of nitrogens with two attached hydrogens (primary N) is 5. The Labute approximate surface area is 679 Å². The molecule has 2 saturated heterocycles. The summed E-state index contributed by atoms with van der Waals surface area (Å²) in [5.41, 5.74) is 29.2. The molecule has 0 unspecified atom stereocenters. The Morgan fingerprint density at radius 3 is 1.50 bits per heavy atom. The van der Waals surface area contributed by atoms with E-state index in [4.69, 9.17) is 38.6 Å². The Kier molecular flexibility index (Phi) is 43.8. The van der Waals surface area contributed by atoms with Crippen LogP contribution in [0.4, 0.5) is 13.2 Å². The number of aliphatic imine (C=N–C) groups is 1. The van der Waals surface area contributed by atoms with Gasteiger partial charge in [-0.25, -0.2) is 14.6 Å². The van der Waals surface area contributed by atoms with Crippen LogP contribution in [0.2, 0.25) is 0 Å². The van der Waals surface area contributed by atoms with Gasteiger partial charge in [0.2, 0.25) is 70.9 Å². The lowest BCUT2D eigenvalue weighted by Gasteiger charge is -2.31. The molecule has 26 N–H and O–H groups in total. The van der Waals surface area contributed by atoms with Gasteiger partial charge in [-0.3, -0.25) is 72.1 Å². The van der Waals surface area contributed by atoms with Crippen molar-refractivity contribution in [1.82, 2.24) is 72.9 Å². The van der Waals surface area contributed by atoms with Crippen molar-refractivity contribution in [3.8, 4) is 0 Å². The van der Waals surface area contributed by atoms with Gasteiger partial charge in [-0.2, -0.15) is 13.2 Å². The Bertz CT molecular complexity index is 3710. The maximum Gasteiger partial charge on any atom is 0.490 e. The van der Waals surface area contributed by atoms with Crippen LogP contribution in [-0.2, 0) is 89.6 Å². The molecule has 0 saturated carbocycles. The first-order valence-corrected chi connectivity index (χ1v) is 39.0. The number of guanidine groups is 1. The zero-order valence-corrected chi connectivity index (χ0v) is 67.0.